The van der Waals surface area contributed by atoms with Crippen LogP contribution in [-0.2, 0) is 0 Å². The summed E-state index contributed by atoms with van der Waals surface area (Å²) < 4.78 is 25.2. The second-order valence-corrected chi connectivity index (χ2v) is 2.81. The number of nitrogens with one attached hydrogen (secondary N) is 1. The van der Waals surface area contributed by atoms with E-state index in [2.05, 4.69) is 5.10 Å². The van der Waals surface area contributed by atoms with Crippen LogP contribution >= 0.6 is 0 Å². The number of hydrogen-bond donors (Lipinski definition) is 1. The van der Waals surface area contributed by atoms with E-state index in [-0.39, 0.29) is 11.7 Å². The molecule has 0 amide bonds. The van der Waals surface area contributed by atoms with E-state index in [1.807, 2.05) is 0 Å². The SMILES string of the molecule is CC(C)n1[nH]c(C(F)F)cc1=O. The van der Waals surface area contributed by atoms with Gasteiger partial charge < -0.3 is 0 Å². The van der Waals surface area contributed by atoms with Gasteiger partial charge in [0.15, 0.2) is 0 Å². The lowest BCUT2D eigenvalue weighted by molar-refractivity contribution is 0.144. The first-order chi connectivity index (χ1) is 5.52. The average molecular weight is 176 g/mol. The molecule has 0 aliphatic rings. The minimum atomic E-state index is -2.61. The van der Waals surface area contributed by atoms with Crippen LogP contribution in [0.5, 0.6) is 0 Å². The fourth-order valence-corrected chi connectivity index (χ4v) is 0.924. The lowest BCUT2D eigenvalue weighted by Crippen LogP contribution is -2.17. The standard InChI is InChI=1S/C7H10F2N2O/c1-4(2)11-6(12)3-5(10-11)7(8)9/h3-4,7,10H,1-2H3. The highest BCUT2D eigenvalue weighted by atomic mass is 19.3. The number of aromatic nitrogens is 2. The Bertz CT molecular complexity index is 313. The van der Waals surface area contributed by atoms with Crippen molar-refractivity contribution in [2.24, 2.45) is 0 Å². The third kappa shape index (κ3) is 1.54. The summed E-state index contributed by atoms with van der Waals surface area (Å²) in [6.07, 6.45) is -2.61. The number of rotatable bonds is 2. The molecule has 68 valence electrons. The number of H-pyrrole nitrogens is 1. The monoisotopic (exact) mass is 176 g/mol. The minimum Gasteiger partial charge on any atom is -0.294 e. The number of aromatic amines is 1. The molecule has 1 rings (SSSR count). The molecule has 0 aliphatic carbocycles. The van der Waals surface area contributed by atoms with Crippen molar-refractivity contribution in [3.8, 4) is 0 Å². The predicted molar refractivity (Wildman–Crippen MR) is 40.4 cm³/mol. The molecule has 1 N–H and O–H groups in total. The fourth-order valence-electron chi connectivity index (χ4n) is 0.924. The number of alkyl halides is 2. The summed E-state index contributed by atoms with van der Waals surface area (Å²) in [4.78, 5) is 11.0. The van der Waals surface area contributed by atoms with Gasteiger partial charge in [-0.2, -0.15) is 0 Å². The van der Waals surface area contributed by atoms with Crippen LogP contribution in [0.15, 0.2) is 10.9 Å². The minimum absolute atomic E-state index is 0.120. The molecule has 1 heterocycles. The molecular weight excluding hydrogens is 166 g/mol. The average Bonchev–Trinajstić information content (AvgIpc) is 2.30. The van der Waals surface area contributed by atoms with Gasteiger partial charge in [0.05, 0.1) is 0 Å². The van der Waals surface area contributed by atoms with Crippen LogP contribution in [0.1, 0.15) is 32.0 Å². The van der Waals surface area contributed by atoms with E-state index in [9.17, 15) is 13.6 Å². The molecule has 0 saturated carbocycles. The Labute approximate surface area is 68.0 Å². The first-order valence-electron chi connectivity index (χ1n) is 3.62. The van der Waals surface area contributed by atoms with E-state index in [0.29, 0.717) is 0 Å². The van der Waals surface area contributed by atoms with Gasteiger partial charge in [0, 0.05) is 12.1 Å². The molecule has 0 bridgehead atoms. The van der Waals surface area contributed by atoms with Crippen LogP contribution in [0.2, 0.25) is 0 Å². The highest BCUT2D eigenvalue weighted by Gasteiger charge is 2.12. The van der Waals surface area contributed by atoms with Crippen molar-refractivity contribution in [2.45, 2.75) is 26.3 Å². The normalized spacial score (nSPS) is 11.5. The summed E-state index contributed by atoms with van der Waals surface area (Å²) in [5.41, 5.74) is -0.742. The molecule has 5 heteroatoms. The quantitative estimate of drug-likeness (QED) is 0.731. The van der Waals surface area contributed by atoms with Gasteiger partial charge in [0.25, 0.3) is 12.0 Å². The van der Waals surface area contributed by atoms with Gasteiger partial charge in [-0.1, -0.05) is 0 Å². The highest BCUT2D eigenvalue weighted by molar-refractivity contribution is 5.01. The summed E-state index contributed by atoms with van der Waals surface area (Å²) >= 11 is 0. The smallest absolute Gasteiger partial charge is 0.279 e. The lowest BCUT2D eigenvalue weighted by Gasteiger charge is -2.04. The van der Waals surface area contributed by atoms with Crippen molar-refractivity contribution in [2.75, 3.05) is 0 Å². The Morgan fingerprint density at radius 3 is 2.33 bits per heavy atom. The Hall–Kier alpha value is -1.13. The molecular formula is C7H10F2N2O. The maximum Gasteiger partial charge on any atom is 0.279 e. The lowest BCUT2D eigenvalue weighted by atomic mass is 10.4. The van der Waals surface area contributed by atoms with Crippen LogP contribution in [0.25, 0.3) is 0 Å². The molecule has 0 radical (unpaired) electrons. The molecule has 0 aliphatic heterocycles. The van der Waals surface area contributed by atoms with Gasteiger partial charge in [0.2, 0.25) is 0 Å². The van der Waals surface area contributed by atoms with Crippen molar-refractivity contribution >= 4 is 0 Å². The largest absolute Gasteiger partial charge is 0.294 e. The molecule has 3 nitrogen and oxygen atoms in total. The van der Waals surface area contributed by atoms with E-state index in [0.717, 1.165) is 6.07 Å². The van der Waals surface area contributed by atoms with Crippen molar-refractivity contribution < 1.29 is 8.78 Å². The van der Waals surface area contributed by atoms with Crippen molar-refractivity contribution in [1.82, 2.24) is 9.78 Å². The van der Waals surface area contributed by atoms with Crippen LogP contribution in [-0.4, -0.2) is 9.78 Å². The summed E-state index contributed by atoms with van der Waals surface area (Å²) in [7, 11) is 0. The second-order valence-electron chi connectivity index (χ2n) is 2.81. The topological polar surface area (TPSA) is 37.8 Å². The summed E-state index contributed by atoms with van der Waals surface area (Å²) in [5.74, 6) is 0. The fraction of sp³-hybridized carbons (Fsp3) is 0.571. The molecule has 0 atom stereocenters. The third-order valence-electron chi connectivity index (χ3n) is 1.52. The van der Waals surface area contributed by atoms with Crippen LogP contribution in [0.3, 0.4) is 0 Å². The van der Waals surface area contributed by atoms with Gasteiger partial charge in [-0.3, -0.25) is 14.6 Å². The Balaban J connectivity index is 3.09. The molecule has 12 heavy (non-hydrogen) atoms. The van der Waals surface area contributed by atoms with Crippen molar-refractivity contribution in [3.63, 3.8) is 0 Å². The zero-order chi connectivity index (χ0) is 9.30. The molecule has 0 fully saturated rings. The molecule has 0 aromatic carbocycles. The van der Waals surface area contributed by atoms with E-state index in [4.69, 9.17) is 0 Å². The number of nitrogens with zero attached hydrogens (tertiary/aromatic N) is 1. The van der Waals surface area contributed by atoms with E-state index >= 15 is 0 Å². The third-order valence-corrected chi connectivity index (χ3v) is 1.52. The van der Waals surface area contributed by atoms with Crippen LogP contribution < -0.4 is 5.56 Å². The second kappa shape index (κ2) is 3.08. The molecule has 0 unspecified atom stereocenters. The predicted octanol–water partition coefficient (Wildman–Crippen LogP) is 1.69. The van der Waals surface area contributed by atoms with Gasteiger partial charge >= 0.3 is 0 Å². The molecule has 0 saturated heterocycles. The Kier molecular flexibility index (Phi) is 2.30. The zero-order valence-electron chi connectivity index (χ0n) is 6.84. The van der Waals surface area contributed by atoms with Crippen LogP contribution in [0, 0.1) is 0 Å². The Morgan fingerprint density at radius 1 is 1.50 bits per heavy atom. The first kappa shape index (κ1) is 8.96. The van der Waals surface area contributed by atoms with Gasteiger partial charge in [-0.15, -0.1) is 0 Å². The maximum absolute atomic E-state index is 12.0. The van der Waals surface area contributed by atoms with Crippen molar-refractivity contribution in [1.29, 1.82) is 0 Å². The number of halogens is 2. The van der Waals surface area contributed by atoms with E-state index in [1.165, 1.54) is 4.68 Å². The van der Waals surface area contributed by atoms with Gasteiger partial charge in [0.1, 0.15) is 5.69 Å². The summed E-state index contributed by atoms with van der Waals surface area (Å²) in [6.45, 7) is 3.49. The highest BCUT2D eigenvalue weighted by Crippen LogP contribution is 2.14. The molecule has 1 aromatic heterocycles. The maximum atomic E-state index is 12.0. The van der Waals surface area contributed by atoms with Gasteiger partial charge in [-0.25, -0.2) is 8.78 Å². The number of hydrogen-bond acceptors (Lipinski definition) is 1. The van der Waals surface area contributed by atoms with E-state index < -0.39 is 12.0 Å². The van der Waals surface area contributed by atoms with Crippen molar-refractivity contribution in [3.05, 3.63) is 22.1 Å². The summed E-state index contributed by atoms with van der Waals surface area (Å²) in [6, 6.07) is 0.801. The first-order valence-corrected chi connectivity index (χ1v) is 3.62. The van der Waals surface area contributed by atoms with Crippen LogP contribution in [0.4, 0.5) is 8.78 Å². The zero-order valence-corrected chi connectivity index (χ0v) is 6.84. The Morgan fingerprint density at radius 2 is 2.08 bits per heavy atom. The van der Waals surface area contributed by atoms with E-state index in [1.54, 1.807) is 13.8 Å². The molecule has 0 spiro atoms. The molecule has 1 aromatic rings. The summed E-state index contributed by atoms with van der Waals surface area (Å²) in [5, 5.41) is 2.33. The van der Waals surface area contributed by atoms with Gasteiger partial charge in [-0.05, 0) is 13.8 Å².